The third-order valence-corrected chi connectivity index (χ3v) is 2.81. The summed E-state index contributed by atoms with van der Waals surface area (Å²) in [5, 5.41) is 10.7. The van der Waals surface area contributed by atoms with E-state index in [-0.39, 0.29) is 20.6 Å². The summed E-state index contributed by atoms with van der Waals surface area (Å²) >= 11 is 11.5. The van der Waals surface area contributed by atoms with Crippen LogP contribution in [0.1, 0.15) is 0 Å². The molecule has 5 nitrogen and oxygen atoms in total. The Bertz CT molecular complexity index is 532. The number of carbonyl (C=O) groups excluding carboxylic acids is 1. The Morgan fingerprint density at radius 2 is 1.76 bits per heavy atom. The van der Waals surface area contributed by atoms with Crippen LogP contribution in [0.15, 0.2) is 18.2 Å². The van der Waals surface area contributed by atoms with Gasteiger partial charge in [0.1, 0.15) is 13.1 Å². The minimum Gasteiger partial charge on any atom is -0.480 e. The van der Waals surface area contributed by atoms with Crippen molar-refractivity contribution >= 4 is 40.9 Å². The summed E-state index contributed by atoms with van der Waals surface area (Å²) < 4.78 is 37.0. The van der Waals surface area contributed by atoms with Crippen LogP contribution in [0.25, 0.3) is 0 Å². The number of nitrogens with one attached hydrogen (secondary N) is 1. The Balaban J connectivity index is 2.93. The molecular weight excluding hydrogens is 336 g/mol. The van der Waals surface area contributed by atoms with Crippen LogP contribution in [0.2, 0.25) is 10.0 Å². The van der Waals surface area contributed by atoms with Crippen molar-refractivity contribution in [2.75, 3.05) is 18.4 Å². The zero-order valence-electron chi connectivity index (χ0n) is 10.2. The number of para-hydroxylation sites is 1. The second-order valence-electron chi connectivity index (χ2n) is 3.89. The Hall–Kier alpha value is -1.67. The van der Waals surface area contributed by atoms with Crippen molar-refractivity contribution in [1.82, 2.24) is 4.90 Å². The van der Waals surface area contributed by atoms with Crippen molar-refractivity contribution in [3.05, 3.63) is 28.2 Å². The van der Waals surface area contributed by atoms with Gasteiger partial charge in [-0.2, -0.15) is 13.2 Å². The quantitative estimate of drug-likeness (QED) is 0.878. The molecule has 1 aromatic rings. The number of rotatable bonds is 4. The van der Waals surface area contributed by atoms with E-state index in [1.807, 2.05) is 0 Å². The average molecular weight is 345 g/mol. The van der Waals surface area contributed by atoms with Crippen molar-refractivity contribution in [3.63, 3.8) is 0 Å². The fourth-order valence-corrected chi connectivity index (χ4v) is 1.87. The van der Waals surface area contributed by atoms with E-state index < -0.39 is 31.3 Å². The molecule has 21 heavy (non-hydrogen) atoms. The number of carbonyl (C=O) groups is 2. The molecule has 2 amide bonds. The first-order chi connectivity index (χ1) is 9.60. The van der Waals surface area contributed by atoms with Gasteiger partial charge < -0.3 is 15.3 Å². The molecule has 0 spiro atoms. The number of anilines is 1. The van der Waals surface area contributed by atoms with Gasteiger partial charge in [-0.25, -0.2) is 4.79 Å². The van der Waals surface area contributed by atoms with E-state index in [1.165, 1.54) is 18.2 Å². The van der Waals surface area contributed by atoms with Crippen LogP contribution in [-0.2, 0) is 4.79 Å². The Kier molecular flexibility index (Phi) is 5.68. The molecule has 0 aromatic heterocycles. The maximum atomic E-state index is 12.3. The summed E-state index contributed by atoms with van der Waals surface area (Å²) in [5.74, 6) is -1.58. The highest BCUT2D eigenvalue weighted by Crippen LogP contribution is 2.30. The monoisotopic (exact) mass is 344 g/mol. The van der Waals surface area contributed by atoms with Crippen LogP contribution in [0.4, 0.5) is 23.7 Å². The first kappa shape index (κ1) is 17.4. The molecule has 2 N–H and O–H groups in total. The van der Waals surface area contributed by atoms with E-state index >= 15 is 0 Å². The molecular formula is C11H9Cl2F3N2O3. The lowest BCUT2D eigenvalue weighted by atomic mass is 10.3. The fraction of sp³-hybridized carbons (Fsp3) is 0.273. The van der Waals surface area contributed by atoms with E-state index in [0.29, 0.717) is 0 Å². The number of carboxylic acids is 1. The molecule has 116 valence electrons. The van der Waals surface area contributed by atoms with Gasteiger partial charge in [-0.05, 0) is 12.1 Å². The van der Waals surface area contributed by atoms with Gasteiger partial charge in [0.15, 0.2) is 0 Å². The van der Waals surface area contributed by atoms with Gasteiger partial charge in [0.2, 0.25) is 0 Å². The third kappa shape index (κ3) is 5.68. The molecule has 0 atom stereocenters. The van der Waals surface area contributed by atoms with Crippen molar-refractivity contribution in [3.8, 4) is 0 Å². The summed E-state index contributed by atoms with van der Waals surface area (Å²) in [7, 11) is 0. The predicted molar refractivity (Wildman–Crippen MR) is 70.7 cm³/mol. The molecule has 0 radical (unpaired) electrons. The first-order valence-electron chi connectivity index (χ1n) is 5.38. The van der Waals surface area contributed by atoms with E-state index in [1.54, 1.807) is 0 Å². The minimum atomic E-state index is -4.74. The number of halogens is 5. The largest absolute Gasteiger partial charge is 0.480 e. The van der Waals surface area contributed by atoms with Gasteiger partial charge in [-0.1, -0.05) is 29.3 Å². The van der Waals surface area contributed by atoms with E-state index in [4.69, 9.17) is 28.3 Å². The van der Waals surface area contributed by atoms with Crippen LogP contribution in [0, 0.1) is 0 Å². The van der Waals surface area contributed by atoms with Crippen LogP contribution in [0.5, 0.6) is 0 Å². The molecule has 0 aliphatic rings. The molecule has 0 fully saturated rings. The van der Waals surface area contributed by atoms with Crippen LogP contribution < -0.4 is 5.32 Å². The highest BCUT2D eigenvalue weighted by atomic mass is 35.5. The minimum absolute atomic E-state index is 0.0122. The van der Waals surface area contributed by atoms with E-state index in [2.05, 4.69) is 5.32 Å². The lowest BCUT2D eigenvalue weighted by Crippen LogP contribution is -2.44. The predicted octanol–water partition coefficient (Wildman–Crippen LogP) is 3.47. The van der Waals surface area contributed by atoms with Gasteiger partial charge in [0.25, 0.3) is 0 Å². The number of nitrogens with zero attached hydrogens (tertiary/aromatic N) is 1. The Labute approximate surface area is 127 Å². The number of amides is 2. The first-order valence-corrected chi connectivity index (χ1v) is 6.14. The number of alkyl halides is 3. The standard InChI is InChI=1S/C11H9Cl2F3N2O3/c12-6-2-1-3-7(13)9(6)17-10(21)18(4-8(19)20)5-11(14,15)16/h1-3H,4-5H2,(H,17,21)(H,19,20). The van der Waals surface area contributed by atoms with Gasteiger partial charge in [0.05, 0.1) is 15.7 Å². The fourth-order valence-electron chi connectivity index (χ4n) is 1.38. The SMILES string of the molecule is O=C(O)CN(CC(F)(F)F)C(=O)Nc1c(Cl)cccc1Cl. The van der Waals surface area contributed by atoms with Gasteiger partial charge in [-0.3, -0.25) is 4.79 Å². The maximum absolute atomic E-state index is 12.3. The lowest BCUT2D eigenvalue weighted by molar-refractivity contribution is -0.148. The normalized spacial score (nSPS) is 11.1. The molecule has 0 aliphatic heterocycles. The van der Waals surface area contributed by atoms with Gasteiger partial charge in [0, 0.05) is 0 Å². The summed E-state index contributed by atoms with van der Waals surface area (Å²) in [6.07, 6.45) is -4.74. The molecule has 0 unspecified atom stereocenters. The second-order valence-corrected chi connectivity index (χ2v) is 4.71. The molecule has 0 saturated heterocycles. The summed E-state index contributed by atoms with van der Waals surface area (Å²) in [4.78, 5) is 22.4. The number of benzene rings is 1. The Morgan fingerprint density at radius 1 is 1.24 bits per heavy atom. The number of hydrogen-bond donors (Lipinski definition) is 2. The molecule has 1 aromatic carbocycles. The third-order valence-electron chi connectivity index (χ3n) is 2.18. The molecule has 0 saturated carbocycles. The van der Waals surface area contributed by atoms with Crippen LogP contribution in [0.3, 0.4) is 0 Å². The summed E-state index contributed by atoms with van der Waals surface area (Å²) in [6, 6.07) is 2.94. The molecule has 1 rings (SSSR count). The van der Waals surface area contributed by atoms with E-state index in [9.17, 15) is 22.8 Å². The number of hydrogen-bond acceptors (Lipinski definition) is 2. The number of aliphatic carboxylic acids is 1. The second kappa shape index (κ2) is 6.86. The highest BCUT2D eigenvalue weighted by Gasteiger charge is 2.34. The zero-order valence-corrected chi connectivity index (χ0v) is 11.8. The van der Waals surface area contributed by atoms with Crippen molar-refractivity contribution < 1.29 is 27.9 Å². The maximum Gasteiger partial charge on any atom is 0.406 e. The molecule has 0 aliphatic carbocycles. The topological polar surface area (TPSA) is 69.6 Å². The van der Waals surface area contributed by atoms with Crippen LogP contribution >= 0.6 is 23.2 Å². The van der Waals surface area contributed by atoms with Gasteiger partial charge in [-0.15, -0.1) is 0 Å². The van der Waals surface area contributed by atoms with Crippen molar-refractivity contribution in [2.24, 2.45) is 0 Å². The average Bonchev–Trinajstić information content (AvgIpc) is 2.30. The van der Waals surface area contributed by atoms with E-state index in [0.717, 1.165) is 0 Å². The summed E-state index contributed by atoms with van der Waals surface area (Å²) in [6.45, 7) is -2.83. The van der Waals surface area contributed by atoms with Crippen LogP contribution in [-0.4, -0.2) is 41.3 Å². The zero-order chi connectivity index (χ0) is 16.2. The number of carboxylic acid groups (broad SMARTS) is 1. The van der Waals surface area contributed by atoms with Crippen molar-refractivity contribution in [2.45, 2.75) is 6.18 Å². The lowest BCUT2D eigenvalue weighted by Gasteiger charge is -2.23. The Morgan fingerprint density at radius 3 is 2.19 bits per heavy atom. The molecule has 0 bridgehead atoms. The van der Waals surface area contributed by atoms with Crippen molar-refractivity contribution in [1.29, 1.82) is 0 Å². The number of urea groups is 1. The summed E-state index contributed by atoms with van der Waals surface area (Å²) in [5.41, 5.74) is -0.0941. The van der Waals surface area contributed by atoms with Gasteiger partial charge >= 0.3 is 18.2 Å². The molecule has 10 heteroatoms. The smallest absolute Gasteiger partial charge is 0.406 e. The molecule has 0 heterocycles. The highest BCUT2D eigenvalue weighted by molar-refractivity contribution is 6.39.